The number of pyridine rings is 2. The first kappa shape index (κ1) is 24.7. The maximum atomic E-state index is 13.8. The molecule has 12 heteroatoms. The lowest BCUT2D eigenvalue weighted by Crippen LogP contribution is -2.36. The molecule has 6 rings (SSSR count). The second kappa shape index (κ2) is 9.95. The molecule has 2 amide bonds. The van der Waals surface area contributed by atoms with E-state index in [1.54, 1.807) is 46.9 Å². The number of aromatic nitrogens is 5. The quantitative estimate of drug-likeness (QED) is 0.338. The van der Waals surface area contributed by atoms with Crippen LogP contribution < -0.4 is 15.4 Å². The molecule has 0 spiro atoms. The largest absolute Gasteiger partial charge is 0.472 e. The van der Waals surface area contributed by atoms with Crippen LogP contribution in [0.5, 0.6) is 5.88 Å². The fourth-order valence-corrected chi connectivity index (χ4v) is 5.22. The minimum Gasteiger partial charge on any atom is -0.472 e. The van der Waals surface area contributed by atoms with Crippen LogP contribution in [0.3, 0.4) is 0 Å². The Balaban J connectivity index is 1.38. The molecule has 1 aliphatic heterocycles. The molecule has 2 aliphatic rings. The molecule has 4 aromatic heterocycles. The van der Waals surface area contributed by atoms with Crippen molar-refractivity contribution in [1.82, 2.24) is 29.7 Å². The van der Waals surface area contributed by atoms with Crippen LogP contribution in [0.2, 0.25) is 5.02 Å². The average molecular weight is 552 g/mol. The smallest absolute Gasteiger partial charge is 0.274 e. The molecule has 4 aromatic rings. The molecular weight excluding hydrogens is 526 g/mol. The standard InChI is InChI=1S/C26H26ClN7O3S/c1-14-10-17-7-9-29-33(17)23(26(36)30-15(2)16-5-6-16)22(14)31-25(35)20-11-21(37-18-12-38-13-18)32-34(20)24-19(27)4-3-8-28-24/h3-4,7-11,15-16,18H,5-6,12-13H2,1-2H3,(H,30,36)(H,31,35). The van der Waals surface area contributed by atoms with Crippen molar-refractivity contribution in [3.8, 4) is 11.7 Å². The Morgan fingerprint density at radius 2 is 2.00 bits per heavy atom. The SMILES string of the molecule is Cc1cc2ccnn2c(C(=O)NC(C)C2CC2)c1NC(=O)c1cc(OC2CSC2)nn1-c1ncccc1Cl. The molecule has 0 radical (unpaired) electrons. The van der Waals surface area contributed by atoms with Crippen molar-refractivity contribution in [3.05, 3.63) is 64.7 Å². The molecular formula is C26H26ClN7O3S. The van der Waals surface area contributed by atoms with E-state index < -0.39 is 5.91 Å². The average Bonchev–Trinajstić information content (AvgIpc) is 3.48. The second-order valence-electron chi connectivity index (χ2n) is 9.64. The fourth-order valence-electron chi connectivity index (χ4n) is 4.46. The number of rotatable bonds is 8. The molecule has 1 saturated carbocycles. The van der Waals surface area contributed by atoms with Gasteiger partial charge in [-0.3, -0.25) is 9.59 Å². The highest BCUT2D eigenvalue weighted by Crippen LogP contribution is 2.33. The van der Waals surface area contributed by atoms with Crippen molar-refractivity contribution < 1.29 is 14.3 Å². The van der Waals surface area contributed by atoms with Gasteiger partial charge in [0.25, 0.3) is 11.8 Å². The first-order valence-corrected chi connectivity index (χ1v) is 14.0. The number of hydrogen-bond acceptors (Lipinski definition) is 7. The van der Waals surface area contributed by atoms with E-state index >= 15 is 0 Å². The Bertz CT molecular complexity index is 1540. The first-order valence-electron chi connectivity index (χ1n) is 12.4. The normalized spacial score (nSPS) is 16.2. The molecule has 38 heavy (non-hydrogen) atoms. The molecule has 196 valence electrons. The van der Waals surface area contributed by atoms with Crippen LogP contribution in [0, 0.1) is 12.8 Å². The Morgan fingerprint density at radius 1 is 1.18 bits per heavy atom. The molecule has 1 unspecified atom stereocenters. The third-order valence-corrected chi connectivity index (χ3v) is 8.28. The molecule has 10 nitrogen and oxygen atoms in total. The lowest BCUT2D eigenvalue weighted by Gasteiger charge is -2.24. The summed E-state index contributed by atoms with van der Waals surface area (Å²) in [6, 6.07) is 8.66. The Labute approximate surface area is 228 Å². The molecule has 2 N–H and O–H groups in total. The predicted molar refractivity (Wildman–Crippen MR) is 146 cm³/mol. The number of fused-ring (bicyclic) bond motifs is 1. The number of thioether (sulfide) groups is 1. The minimum atomic E-state index is -0.490. The van der Waals surface area contributed by atoms with Crippen molar-refractivity contribution in [1.29, 1.82) is 0 Å². The van der Waals surface area contributed by atoms with E-state index in [9.17, 15) is 9.59 Å². The van der Waals surface area contributed by atoms with Crippen molar-refractivity contribution >= 4 is 46.4 Å². The molecule has 2 fully saturated rings. The van der Waals surface area contributed by atoms with Gasteiger partial charge >= 0.3 is 0 Å². The fraction of sp³-hybridized carbons (Fsp3) is 0.346. The number of aryl methyl sites for hydroxylation is 1. The van der Waals surface area contributed by atoms with Gasteiger partial charge in [-0.05, 0) is 62.4 Å². The van der Waals surface area contributed by atoms with E-state index in [2.05, 4.69) is 25.8 Å². The topological polar surface area (TPSA) is 115 Å². The van der Waals surface area contributed by atoms with Crippen LogP contribution in [0.1, 0.15) is 46.3 Å². The van der Waals surface area contributed by atoms with Gasteiger partial charge in [-0.25, -0.2) is 14.2 Å². The van der Waals surface area contributed by atoms with Crippen LogP contribution in [0.15, 0.2) is 42.7 Å². The number of nitrogens with one attached hydrogen (secondary N) is 2. The molecule has 0 bridgehead atoms. The first-order chi connectivity index (χ1) is 18.4. The second-order valence-corrected chi connectivity index (χ2v) is 11.1. The molecule has 1 saturated heterocycles. The highest BCUT2D eigenvalue weighted by molar-refractivity contribution is 8.00. The summed E-state index contributed by atoms with van der Waals surface area (Å²) in [6.07, 6.45) is 5.43. The number of ether oxygens (including phenoxy) is 1. The summed E-state index contributed by atoms with van der Waals surface area (Å²) in [4.78, 5) is 31.6. The molecule has 5 heterocycles. The van der Waals surface area contributed by atoms with Gasteiger partial charge in [0.1, 0.15) is 11.8 Å². The number of nitrogens with zero attached hydrogens (tertiary/aromatic N) is 5. The van der Waals surface area contributed by atoms with E-state index in [4.69, 9.17) is 16.3 Å². The van der Waals surface area contributed by atoms with E-state index in [1.807, 2.05) is 26.0 Å². The summed E-state index contributed by atoms with van der Waals surface area (Å²) in [5, 5.41) is 15.2. The lowest BCUT2D eigenvalue weighted by atomic mass is 10.1. The summed E-state index contributed by atoms with van der Waals surface area (Å²) in [7, 11) is 0. The van der Waals surface area contributed by atoms with Gasteiger partial charge in [0, 0.05) is 29.8 Å². The van der Waals surface area contributed by atoms with Gasteiger partial charge in [-0.2, -0.15) is 16.9 Å². The van der Waals surface area contributed by atoms with Crippen LogP contribution >= 0.6 is 23.4 Å². The van der Waals surface area contributed by atoms with Crippen LogP contribution in [-0.4, -0.2) is 59.8 Å². The molecule has 1 atom stereocenters. The van der Waals surface area contributed by atoms with Crippen molar-refractivity contribution in [2.75, 3.05) is 16.8 Å². The van der Waals surface area contributed by atoms with Crippen molar-refractivity contribution in [2.24, 2.45) is 5.92 Å². The van der Waals surface area contributed by atoms with E-state index in [1.165, 1.54) is 4.68 Å². The number of anilines is 1. The predicted octanol–water partition coefficient (Wildman–Crippen LogP) is 4.15. The molecule has 0 aromatic carbocycles. The number of carbonyl (C=O) groups is 2. The summed E-state index contributed by atoms with van der Waals surface area (Å²) in [5.74, 6) is 2.00. The van der Waals surface area contributed by atoms with Crippen molar-refractivity contribution in [3.63, 3.8) is 0 Å². The summed E-state index contributed by atoms with van der Waals surface area (Å²) < 4.78 is 8.88. The highest BCUT2D eigenvalue weighted by atomic mass is 35.5. The van der Waals surface area contributed by atoms with Crippen LogP contribution in [0.4, 0.5) is 5.69 Å². The van der Waals surface area contributed by atoms with E-state index in [-0.39, 0.29) is 29.4 Å². The van der Waals surface area contributed by atoms with Gasteiger partial charge in [-0.1, -0.05) is 11.6 Å². The Kier molecular flexibility index (Phi) is 6.48. The van der Waals surface area contributed by atoms with Crippen LogP contribution in [0.25, 0.3) is 11.3 Å². The lowest BCUT2D eigenvalue weighted by molar-refractivity contribution is 0.0929. The minimum absolute atomic E-state index is 0.0225. The summed E-state index contributed by atoms with van der Waals surface area (Å²) >= 11 is 8.19. The maximum Gasteiger partial charge on any atom is 0.274 e. The van der Waals surface area contributed by atoms with Crippen LogP contribution in [-0.2, 0) is 0 Å². The molecule has 1 aliphatic carbocycles. The number of hydrogen-bond donors (Lipinski definition) is 2. The van der Waals surface area contributed by atoms with Gasteiger partial charge in [0.15, 0.2) is 11.5 Å². The van der Waals surface area contributed by atoms with Gasteiger partial charge in [-0.15, -0.1) is 5.10 Å². The Morgan fingerprint density at radius 3 is 2.71 bits per heavy atom. The summed E-state index contributed by atoms with van der Waals surface area (Å²) in [6.45, 7) is 3.85. The van der Waals surface area contributed by atoms with E-state index in [0.29, 0.717) is 28.3 Å². The maximum absolute atomic E-state index is 13.8. The Hall–Kier alpha value is -3.57. The number of halogens is 1. The zero-order chi connectivity index (χ0) is 26.4. The third kappa shape index (κ3) is 4.71. The van der Waals surface area contributed by atoms with Crippen molar-refractivity contribution in [2.45, 2.75) is 38.8 Å². The van der Waals surface area contributed by atoms with Gasteiger partial charge in [0.05, 0.1) is 22.4 Å². The monoisotopic (exact) mass is 551 g/mol. The summed E-state index contributed by atoms with van der Waals surface area (Å²) in [5.41, 5.74) is 2.27. The van der Waals surface area contributed by atoms with Gasteiger partial charge in [0.2, 0.25) is 5.88 Å². The number of amides is 2. The highest BCUT2D eigenvalue weighted by Gasteiger charge is 2.31. The number of carbonyl (C=O) groups excluding carboxylic acids is 2. The zero-order valence-electron chi connectivity index (χ0n) is 20.8. The van der Waals surface area contributed by atoms with Gasteiger partial charge < -0.3 is 15.4 Å². The third-order valence-electron chi connectivity index (χ3n) is 6.77. The van der Waals surface area contributed by atoms with E-state index in [0.717, 1.165) is 35.4 Å². The zero-order valence-corrected chi connectivity index (χ0v) is 22.4.